The van der Waals surface area contributed by atoms with Crippen LogP contribution in [0, 0.1) is 5.82 Å². The number of hydrogen-bond donors (Lipinski definition) is 3. The molecule has 1 saturated heterocycles. The third-order valence-corrected chi connectivity index (χ3v) is 5.05. The molecule has 7 heteroatoms. The quantitative estimate of drug-likeness (QED) is 0.636. The van der Waals surface area contributed by atoms with E-state index in [1.807, 2.05) is 12.1 Å². The van der Waals surface area contributed by atoms with Crippen LogP contribution in [0.15, 0.2) is 54.6 Å². The van der Waals surface area contributed by atoms with Gasteiger partial charge in [0.25, 0.3) is 0 Å². The number of nitrogens with one attached hydrogen (secondary N) is 1. The lowest BCUT2D eigenvalue weighted by Crippen LogP contribution is -2.49. The number of rotatable bonds is 6. The smallest absolute Gasteiger partial charge is 0.248 e. The minimum absolute atomic E-state index is 0.0516. The van der Waals surface area contributed by atoms with Crippen molar-refractivity contribution >= 4 is 23.6 Å². The van der Waals surface area contributed by atoms with Gasteiger partial charge in [-0.2, -0.15) is 0 Å². The Morgan fingerprint density at radius 1 is 1.07 bits per heavy atom. The first-order valence-corrected chi connectivity index (χ1v) is 9.88. The highest BCUT2D eigenvalue weighted by Crippen LogP contribution is 2.15. The first kappa shape index (κ1) is 21.7. The third-order valence-electron chi connectivity index (χ3n) is 5.05. The van der Waals surface area contributed by atoms with Crippen molar-refractivity contribution in [2.75, 3.05) is 18.4 Å². The van der Waals surface area contributed by atoms with E-state index in [2.05, 4.69) is 5.32 Å². The Balaban J connectivity index is 1.46. The normalized spacial score (nSPS) is 19.1. The Kier molecular flexibility index (Phi) is 7.32. The first-order valence-electron chi connectivity index (χ1n) is 9.88. The molecular weight excluding hydrogens is 387 g/mol. The van der Waals surface area contributed by atoms with Crippen LogP contribution in [0.3, 0.4) is 0 Å². The topological polar surface area (TPSA) is 89.9 Å². The Hall–Kier alpha value is -3.03. The number of β-amino-alcohol motifs (C(OH)–C–C–N with tert-alkyl or cyclic N) is 1. The average molecular weight is 412 g/mol. The summed E-state index contributed by atoms with van der Waals surface area (Å²) in [5.74, 6) is -0.678. The van der Waals surface area contributed by atoms with Crippen LogP contribution >= 0.6 is 0 Å². The Bertz CT molecular complexity index is 896. The number of halogens is 1. The highest BCUT2D eigenvalue weighted by molar-refractivity contribution is 6.01. The van der Waals surface area contributed by atoms with E-state index in [4.69, 9.17) is 0 Å². The maximum absolute atomic E-state index is 12.9. The van der Waals surface area contributed by atoms with Gasteiger partial charge < -0.3 is 20.4 Å². The van der Waals surface area contributed by atoms with Crippen molar-refractivity contribution in [3.05, 3.63) is 71.6 Å². The second-order valence-corrected chi connectivity index (χ2v) is 7.33. The maximum Gasteiger partial charge on any atom is 0.248 e. The predicted octanol–water partition coefficient (Wildman–Crippen LogP) is 2.36. The average Bonchev–Trinajstić information content (AvgIpc) is 2.74. The van der Waals surface area contributed by atoms with Crippen molar-refractivity contribution in [1.82, 2.24) is 4.90 Å². The molecule has 3 rings (SSSR count). The van der Waals surface area contributed by atoms with Crippen LogP contribution < -0.4 is 5.32 Å². The van der Waals surface area contributed by atoms with Crippen LogP contribution in [-0.4, -0.2) is 52.2 Å². The lowest BCUT2D eigenvalue weighted by Gasteiger charge is -2.33. The molecule has 0 unspecified atom stereocenters. The van der Waals surface area contributed by atoms with Gasteiger partial charge in [-0.15, -0.1) is 0 Å². The van der Waals surface area contributed by atoms with E-state index in [-0.39, 0.29) is 24.2 Å². The summed E-state index contributed by atoms with van der Waals surface area (Å²) in [6.45, 7) is 0.615. The van der Waals surface area contributed by atoms with E-state index in [0.29, 0.717) is 31.5 Å². The molecule has 0 aromatic heterocycles. The number of aryl methyl sites for hydroxylation is 1. The zero-order valence-corrected chi connectivity index (χ0v) is 16.5. The number of nitrogens with zero attached hydrogens (tertiary/aromatic N) is 1. The largest absolute Gasteiger partial charge is 0.390 e. The van der Waals surface area contributed by atoms with E-state index < -0.39 is 12.2 Å². The molecule has 0 spiro atoms. The molecule has 158 valence electrons. The summed E-state index contributed by atoms with van der Waals surface area (Å²) in [4.78, 5) is 25.9. The highest BCUT2D eigenvalue weighted by atomic mass is 19.1. The summed E-state index contributed by atoms with van der Waals surface area (Å²) < 4.78 is 12.9. The summed E-state index contributed by atoms with van der Waals surface area (Å²) in [6.07, 6.45) is 2.58. The number of likely N-dealkylation sites (tertiary alicyclic amines) is 1. The molecule has 1 heterocycles. The lowest BCUT2D eigenvalue weighted by atomic mass is 10.0. The molecule has 1 aliphatic rings. The molecule has 2 aromatic carbocycles. The molecule has 3 N–H and O–H groups in total. The molecule has 1 fully saturated rings. The fourth-order valence-corrected chi connectivity index (χ4v) is 3.24. The van der Waals surface area contributed by atoms with Gasteiger partial charge in [0.1, 0.15) is 5.82 Å². The first-order chi connectivity index (χ1) is 14.4. The van der Waals surface area contributed by atoms with Gasteiger partial charge in [-0.3, -0.25) is 9.59 Å². The van der Waals surface area contributed by atoms with E-state index >= 15 is 0 Å². The van der Waals surface area contributed by atoms with E-state index in [1.54, 1.807) is 35.2 Å². The van der Waals surface area contributed by atoms with Crippen molar-refractivity contribution in [1.29, 1.82) is 0 Å². The number of aliphatic hydroxyl groups excluding tert-OH is 2. The Labute approximate surface area is 174 Å². The molecule has 0 aliphatic carbocycles. The molecule has 0 radical (unpaired) electrons. The summed E-state index contributed by atoms with van der Waals surface area (Å²) in [5.41, 5.74) is 2.31. The number of carbonyl (C=O) groups excluding carboxylic acids is 2. The van der Waals surface area contributed by atoms with Crippen LogP contribution in [0.5, 0.6) is 0 Å². The van der Waals surface area contributed by atoms with Gasteiger partial charge in [0.2, 0.25) is 11.8 Å². The van der Waals surface area contributed by atoms with Crippen LogP contribution in [-0.2, 0) is 16.0 Å². The summed E-state index contributed by atoms with van der Waals surface area (Å²) in [6, 6.07) is 13.1. The van der Waals surface area contributed by atoms with E-state index in [1.165, 1.54) is 18.2 Å². The standard InChI is InChI=1S/C23H25FN2O4/c24-18-7-1-16(2-8-18)5-11-22(29)25-19-9-3-17(4-10-19)6-12-23(30)26-14-13-20(27)21(28)15-26/h1-5,7-11,20-21,27-28H,6,12-15H2,(H,25,29)/b11-5+/t20-,21+/m0/s1. The molecule has 30 heavy (non-hydrogen) atoms. The highest BCUT2D eigenvalue weighted by Gasteiger charge is 2.28. The number of piperidine rings is 1. The minimum Gasteiger partial charge on any atom is -0.390 e. The molecule has 2 amide bonds. The van der Waals surface area contributed by atoms with Crippen molar-refractivity contribution in [3.8, 4) is 0 Å². The Morgan fingerprint density at radius 2 is 1.77 bits per heavy atom. The summed E-state index contributed by atoms with van der Waals surface area (Å²) in [5, 5.41) is 22.0. The SMILES string of the molecule is O=C(/C=C/c1ccc(F)cc1)Nc1ccc(CCC(=O)N2CC[C@H](O)[C@H](O)C2)cc1. The number of carbonyl (C=O) groups is 2. The Morgan fingerprint density at radius 3 is 2.43 bits per heavy atom. The monoisotopic (exact) mass is 412 g/mol. The van der Waals surface area contributed by atoms with Crippen molar-refractivity contribution in [2.24, 2.45) is 0 Å². The van der Waals surface area contributed by atoms with Gasteiger partial charge in [-0.25, -0.2) is 4.39 Å². The maximum atomic E-state index is 12.9. The van der Waals surface area contributed by atoms with Crippen LogP contribution in [0.4, 0.5) is 10.1 Å². The van der Waals surface area contributed by atoms with Gasteiger partial charge in [-0.1, -0.05) is 24.3 Å². The summed E-state index contributed by atoms with van der Waals surface area (Å²) >= 11 is 0. The molecule has 1 aliphatic heterocycles. The van der Waals surface area contributed by atoms with Gasteiger partial charge in [0.15, 0.2) is 0 Å². The van der Waals surface area contributed by atoms with Crippen LogP contribution in [0.1, 0.15) is 24.0 Å². The van der Waals surface area contributed by atoms with Crippen molar-refractivity contribution in [3.63, 3.8) is 0 Å². The van der Waals surface area contributed by atoms with E-state index in [0.717, 1.165) is 11.1 Å². The number of hydrogen-bond acceptors (Lipinski definition) is 4. The van der Waals surface area contributed by atoms with Gasteiger partial charge in [0, 0.05) is 31.3 Å². The minimum atomic E-state index is -0.886. The van der Waals surface area contributed by atoms with E-state index in [9.17, 15) is 24.2 Å². The number of amides is 2. The lowest BCUT2D eigenvalue weighted by molar-refractivity contribution is -0.137. The molecular formula is C23H25FN2O4. The predicted molar refractivity (Wildman–Crippen MR) is 112 cm³/mol. The number of aliphatic hydroxyl groups is 2. The fourth-order valence-electron chi connectivity index (χ4n) is 3.24. The van der Waals surface area contributed by atoms with Gasteiger partial charge >= 0.3 is 0 Å². The zero-order chi connectivity index (χ0) is 21.5. The zero-order valence-electron chi connectivity index (χ0n) is 16.5. The second kappa shape index (κ2) is 10.1. The van der Waals surface area contributed by atoms with Crippen molar-refractivity contribution in [2.45, 2.75) is 31.5 Å². The number of benzene rings is 2. The van der Waals surface area contributed by atoms with Crippen molar-refractivity contribution < 1.29 is 24.2 Å². The molecule has 0 bridgehead atoms. The molecule has 2 atom stereocenters. The van der Waals surface area contributed by atoms with Crippen LogP contribution in [0.2, 0.25) is 0 Å². The van der Waals surface area contributed by atoms with Gasteiger partial charge in [0.05, 0.1) is 12.2 Å². The number of anilines is 1. The molecule has 0 saturated carbocycles. The van der Waals surface area contributed by atoms with Gasteiger partial charge in [-0.05, 0) is 54.3 Å². The third kappa shape index (κ3) is 6.23. The summed E-state index contributed by atoms with van der Waals surface area (Å²) in [7, 11) is 0. The molecule has 2 aromatic rings. The molecule has 6 nitrogen and oxygen atoms in total. The van der Waals surface area contributed by atoms with Crippen LogP contribution in [0.25, 0.3) is 6.08 Å². The second-order valence-electron chi connectivity index (χ2n) is 7.33. The fraction of sp³-hybridized carbons (Fsp3) is 0.304.